The van der Waals surface area contributed by atoms with E-state index in [1.54, 1.807) is 24.3 Å². The first-order valence-electron chi connectivity index (χ1n) is 20.1. The van der Waals surface area contributed by atoms with Crippen molar-refractivity contribution in [1.29, 1.82) is 0 Å². The fourth-order valence-electron chi connectivity index (χ4n) is 9.68. The molecule has 1 unspecified atom stereocenters. The molecule has 2 N–H and O–H groups in total. The van der Waals surface area contributed by atoms with E-state index < -0.39 is 17.8 Å². The Morgan fingerprint density at radius 3 is 2.33 bits per heavy atom. The number of imide groups is 1. The summed E-state index contributed by atoms with van der Waals surface area (Å²) in [5, 5.41) is 12.5. The molecule has 5 aliphatic heterocycles. The van der Waals surface area contributed by atoms with E-state index in [2.05, 4.69) is 46.3 Å². The average molecular weight is 776 g/mol. The number of aryl methyl sites for hydroxylation is 1. The largest absolute Gasteiger partial charge is 0.508 e. The Balaban J connectivity index is 0.808. The van der Waals surface area contributed by atoms with Crippen LogP contribution in [-0.2, 0) is 16.1 Å². The van der Waals surface area contributed by atoms with Gasteiger partial charge in [0.1, 0.15) is 29.2 Å². The van der Waals surface area contributed by atoms with Gasteiger partial charge in [-0.1, -0.05) is 42.0 Å². The number of piperazine rings is 1. The van der Waals surface area contributed by atoms with Crippen LogP contribution in [0, 0.1) is 24.5 Å². The molecular weight excluding hydrogens is 729 g/mol. The lowest BCUT2D eigenvalue weighted by atomic mass is 9.75. The predicted molar refractivity (Wildman–Crippen MR) is 212 cm³/mol. The number of piperidine rings is 2. The first-order chi connectivity index (χ1) is 27.6. The van der Waals surface area contributed by atoms with Gasteiger partial charge in [-0.2, -0.15) is 0 Å². The summed E-state index contributed by atoms with van der Waals surface area (Å²) in [7, 11) is 0. The van der Waals surface area contributed by atoms with Gasteiger partial charge in [0.05, 0.1) is 18.0 Å². The molecule has 12 heteroatoms. The second kappa shape index (κ2) is 15.1. The number of amides is 3. The smallest absolute Gasteiger partial charge is 0.255 e. The quantitative estimate of drug-likeness (QED) is 0.218. The minimum Gasteiger partial charge on any atom is -0.508 e. The summed E-state index contributed by atoms with van der Waals surface area (Å²) in [6.45, 7) is 8.05. The highest BCUT2D eigenvalue weighted by atomic mass is 19.1. The number of phenols is 1. The van der Waals surface area contributed by atoms with Gasteiger partial charge in [-0.05, 0) is 79.1 Å². The molecule has 0 radical (unpaired) electrons. The zero-order valence-corrected chi connectivity index (χ0v) is 32.1. The summed E-state index contributed by atoms with van der Waals surface area (Å²) >= 11 is 0. The molecule has 3 saturated heterocycles. The maximum atomic E-state index is 16.1. The normalized spacial score (nSPS) is 23.0. The van der Waals surface area contributed by atoms with Crippen molar-refractivity contribution in [1.82, 2.24) is 15.1 Å². The highest BCUT2D eigenvalue weighted by molar-refractivity contribution is 6.05. The summed E-state index contributed by atoms with van der Waals surface area (Å²) in [5.74, 6) is -0.787. The summed E-state index contributed by atoms with van der Waals surface area (Å²) in [5.41, 5.74) is 6.18. The van der Waals surface area contributed by atoms with Crippen LogP contribution in [0.2, 0.25) is 0 Å². The Kier molecular flexibility index (Phi) is 9.84. The van der Waals surface area contributed by atoms with E-state index in [1.807, 2.05) is 23.1 Å². The number of phenolic OH excluding ortho intramolecular Hbond substituents is 1. The second-order valence-electron chi connectivity index (χ2n) is 16.3. The Morgan fingerprint density at radius 2 is 1.58 bits per heavy atom. The van der Waals surface area contributed by atoms with E-state index >= 15 is 8.78 Å². The van der Waals surface area contributed by atoms with Crippen molar-refractivity contribution in [3.63, 3.8) is 0 Å². The predicted octanol–water partition coefficient (Wildman–Crippen LogP) is 6.09. The molecule has 0 bridgehead atoms. The van der Waals surface area contributed by atoms with Crippen LogP contribution in [0.4, 0.5) is 20.2 Å². The van der Waals surface area contributed by atoms with Gasteiger partial charge in [0.25, 0.3) is 5.91 Å². The lowest BCUT2D eigenvalue weighted by Gasteiger charge is -2.40. The van der Waals surface area contributed by atoms with E-state index in [9.17, 15) is 19.5 Å². The van der Waals surface area contributed by atoms with Gasteiger partial charge in [0, 0.05) is 87.8 Å². The topological polar surface area (TPSA) is 106 Å². The van der Waals surface area contributed by atoms with Crippen molar-refractivity contribution in [2.45, 2.75) is 57.0 Å². The van der Waals surface area contributed by atoms with Crippen molar-refractivity contribution < 1.29 is 33.0 Å². The van der Waals surface area contributed by atoms with Gasteiger partial charge >= 0.3 is 0 Å². The molecule has 0 aromatic heterocycles. The number of nitrogens with zero attached hydrogens (tertiary/aromatic N) is 4. The van der Waals surface area contributed by atoms with Crippen LogP contribution in [0.25, 0.3) is 0 Å². The molecule has 4 aromatic rings. The number of anilines is 2. The highest BCUT2D eigenvalue weighted by Crippen LogP contribution is 2.47. The molecule has 3 atom stereocenters. The third-order valence-electron chi connectivity index (χ3n) is 12.7. The third-order valence-corrected chi connectivity index (χ3v) is 12.7. The number of ether oxygens (including phenoxy) is 1. The first-order valence-corrected chi connectivity index (χ1v) is 20.1. The fraction of sp³-hybridized carbons (Fsp3) is 0.400. The highest BCUT2D eigenvalue weighted by Gasteiger charge is 2.40. The fourth-order valence-corrected chi connectivity index (χ4v) is 9.68. The van der Waals surface area contributed by atoms with Crippen LogP contribution in [0.1, 0.15) is 75.7 Å². The Labute approximate surface area is 331 Å². The number of benzene rings is 4. The molecule has 9 rings (SSSR count). The third kappa shape index (κ3) is 7.20. The minimum absolute atomic E-state index is 0.0132. The van der Waals surface area contributed by atoms with E-state index in [0.29, 0.717) is 48.3 Å². The number of rotatable bonds is 7. The van der Waals surface area contributed by atoms with Crippen molar-refractivity contribution in [3.8, 4) is 11.5 Å². The van der Waals surface area contributed by atoms with Gasteiger partial charge in [0.2, 0.25) is 11.8 Å². The number of halogens is 2. The van der Waals surface area contributed by atoms with Crippen molar-refractivity contribution in [2.75, 3.05) is 62.2 Å². The van der Waals surface area contributed by atoms with Gasteiger partial charge in [0.15, 0.2) is 0 Å². The average Bonchev–Trinajstić information content (AvgIpc) is 3.51. The Hall–Kier alpha value is -5.49. The van der Waals surface area contributed by atoms with Crippen LogP contribution >= 0.6 is 0 Å². The zero-order valence-electron chi connectivity index (χ0n) is 32.1. The van der Waals surface area contributed by atoms with Crippen molar-refractivity contribution >= 4 is 29.1 Å². The molecule has 296 valence electrons. The van der Waals surface area contributed by atoms with E-state index in [-0.39, 0.29) is 60.2 Å². The first kappa shape index (κ1) is 37.1. The number of aromatic hydroxyl groups is 1. The molecular formula is C45H47F2N5O5. The standard InChI is InChI=1S/C45H47F2N5O5/c1-27-3-2-4-29(19-27)35-26-57-41-22-32(53)6-7-33(41)43(35)30-5-8-38(36(46)20-30)50-13-11-28(12-14-50)24-49-15-17-51(18-16-49)40-21-31-25-52(45(56)34(31)23-37(40)47)39-9-10-42(54)48-44(39)55/h2-8,19-23,28,35,39,43,53H,9-18,24-26H2,1H3,(H,48,54,55)/t35-,39+,43?/m1/s1. The van der Waals surface area contributed by atoms with Crippen LogP contribution in [0.15, 0.2) is 72.8 Å². The second-order valence-corrected chi connectivity index (χ2v) is 16.3. The zero-order chi connectivity index (χ0) is 39.4. The van der Waals surface area contributed by atoms with Crippen LogP contribution < -0.4 is 19.9 Å². The van der Waals surface area contributed by atoms with E-state index in [1.165, 1.54) is 11.0 Å². The maximum absolute atomic E-state index is 16.1. The summed E-state index contributed by atoms with van der Waals surface area (Å²) < 4.78 is 37.7. The summed E-state index contributed by atoms with van der Waals surface area (Å²) in [6.07, 6.45) is 2.33. The monoisotopic (exact) mass is 775 g/mol. The number of carbonyl (C=O) groups excluding carboxylic acids is 3. The van der Waals surface area contributed by atoms with Gasteiger partial charge in [-0.3, -0.25) is 24.6 Å². The molecule has 0 saturated carbocycles. The molecule has 5 aliphatic rings. The van der Waals surface area contributed by atoms with Crippen molar-refractivity contribution in [2.24, 2.45) is 5.92 Å². The van der Waals surface area contributed by atoms with Crippen LogP contribution in [0.3, 0.4) is 0 Å². The lowest BCUT2D eigenvalue weighted by molar-refractivity contribution is -0.136. The van der Waals surface area contributed by atoms with E-state index in [4.69, 9.17) is 4.74 Å². The summed E-state index contributed by atoms with van der Waals surface area (Å²) in [4.78, 5) is 45.3. The molecule has 57 heavy (non-hydrogen) atoms. The van der Waals surface area contributed by atoms with Crippen LogP contribution in [0.5, 0.6) is 11.5 Å². The molecule has 10 nitrogen and oxygen atoms in total. The molecule has 3 amide bonds. The molecule has 5 heterocycles. The van der Waals surface area contributed by atoms with Crippen LogP contribution in [-0.4, -0.2) is 91.1 Å². The molecule has 3 fully saturated rings. The Morgan fingerprint density at radius 1 is 0.807 bits per heavy atom. The van der Waals surface area contributed by atoms with Crippen molar-refractivity contribution in [3.05, 3.63) is 118 Å². The number of carbonyl (C=O) groups is 3. The SMILES string of the molecule is Cc1cccc([C@H]2COc3cc(O)ccc3C2c2ccc(N3CCC(CN4CCN(c5cc6c(cc5F)C(=O)N([C@H]5CCC(=O)NC5=O)C6)CC4)CC3)c(F)c2)c1. The van der Waals surface area contributed by atoms with E-state index in [0.717, 1.165) is 67.8 Å². The molecule has 4 aromatic carbocycles. The lowest BCUT2D eigenvalue weighted by Crippen LogP contribution is -2.52. The number of hydrogen-bond acceptors (Lipinski definition) is 8. The van der Waals surface area contributed by atoms with Gasteiger partial charge in [-0.15, -0.1) is 0 Å². The van der Waals surface area contributed by atoms with Gasteiger partial charge in [-0.25, -0.2) is 8.78 Å². The number of nitrogens with one attached hydrogen (secondary N) is 1. The maximum Gasteiger partial charge on any atom is 0.255 e. The molecule has 0 aliphatic carbocycles. The number of fused-ring (bicyclic) bond motifs is 2. The summed E-state index contributed by atoms with van der Waals surface area (Å²) in [6, 6.07) is 21.6. The number of hydrogen-bond donors (Lipinski definition) is 2. The Bertz CT molecular complexity index is 2230. The minimum atomic E-state index is -0.736. The van der Waals surface area contributed by atoms with Gasteiger partial charge < -0.3 is 24.5 Å². The molecule has 0 spiro atoms.